The van der Waals surface area contributed by atoms with Crippen LogP contribution in [-0.4, -0.2) is 10.8 Å². The molecule has 2 aromatic carbocycles. The van der Waals surface area contributed by atoms with E-state index >= 15 is 0 Å². The summed E-state index contributed by atoms with van der Waals surface area (Å²) < 4.78 is 27.1. The summed E-state index contributed by atoms with van der Waals surface area (Å²) in [5, 5.41) is 12.9. The molecule has 0 radical (unpaired) electrons. The van der Waals surface area contributed by atoms with Crippen molar-refractivity contribution in [2.24, 2.45) is 0 Å². The number of rotatable bonds is 4. The largest absolute Gasteiger partial charge is 0.348 e. The molecular formula is C15H12F2N2O3. The van der Waals surface area contributed by atoms with Gasteiger partial charge in [-0.1, -0.05) is 12.1 Å². The van der Waals surface area contributed by atoms with E-state index in [9.17, 15) is 23.7 Å². The fourth-order valence-electron chi connectivity index (χ4n) is 1.83. The molecule has 0 aromatic heterocycles. The minimum atomic E-state index is -0.984. The lowest BCUT2D eigenvalue weighted by Crippen LogP contribution is -2.24. The van der Waals surface area contributed by atoms with Crippen LogP contribution in [0.4, 0.5) is 14.5 Å². The Morgan fingerprint density at radius 2 is 1.91 bits per heavy atom. The van der Waals surface area contributed by atoms with Gasteiger partial charge in [0.15, 0.2) is 0 Å². The maximum atomic E-state index is 13.7. The fourth-order valence-corrected chi connectivity index (χ4v) is 1.83. The number of carbonyl (C=O) groups is 1. The molecule has 1 N–H and O–H groups in total. The van der Waals surface area contributed by atoms with Gasteiger partial charge in [-0.2, -0.15) is 0 Å². The molecule has 5 nitrogen and oxygen atoms in total. The topological polar surface area (TPSA) is 72.2 Å². The second-order valence-corrected chi connectivity index (χ2v) is 4.69. The van der Waals surface area contributed by atoms with Gasteiger partial charge in [0, 0.05) is 12.6 Å². The van der Waals surface area contributed by atoms with Crippen molar-refractivity contribution in [3.05, 3.63) is 74.8 Å². The van der Waals surface area contributed by atoms with Crippen LogP contribution in [0.5, 0.6) is 0 Å². The molecule has 2 rings (SSSR count). The number of amides is 1. The van der Waals surface area contributed by atoms with Crippen molar-refractivity contribution in [1.82, 2.24) is 5.32 Å². The van der Waals surface area contributed by atoms with Crippen molar-refractivity contribution >= 4 is 11.6 Å². The first-order valence-corrected chi connectivity index (χ1v) is 6.35. The first-order chi connectivity index (χ1) is 10.4. The maximum Gasteiger partial charge on any atom is 0.272 e. The quantitative estimate of drug-likeness (QED) is 0.697. The van der Waals surface area contributed by atoms with Crippen molar-refractivity contribution in [2.75, 3.05) is 0 Å². The SMILES string of the molecule is Cc1ccc(CNC(=O)c2ccc([N+](=O)[O-])cc2F)cc1F. The lowest BCUT2D eigenvalue weighted by atomic mass is 10.1. The van der Waals surface area contributed by atoms with Crippen LogP contribution in [0.3, 0.4) is 0 Å². The number of nitrogens with one attached hydrogen (secondary N) is 1. The minimum Gasteiger partial charge on any atom is -0.348 e. The molecule has 0 atom stereocenters. The van der Waals surface area contributed by atoms with E-state index in [4.69, 9.17) is 0 Å². The highest BCUT2D eigenvalue weighted by molar-refractivity contribution is 5.94. The van der Waals surface area contributed by atoms with Gasteiger partial charge < -0.3 is 5.32 Å². The van der Waals surface area contributed by atoms with Crippen LogP contribution in [-0.2, 0) is 6.54 Å². The van der Waals surface area contributed by atoms with E-state index in [2.05, 4.69) is 5.32 Å². The second-order valence-electron chi connectivity index (χ2n) is 4.69. The number of nitro groups is 1. The van der Waals surface area contributed by atoms with Gasteiger partial charge in [0.1, 0.15) is 11.6 Å². The third kappa shape index (κ3) is 3.43. The molecule has 2 aromatic rings. The fraction of sp³-hybridized carbons (Fsp3) is 0.133. The summed E-state index contributed by atoms with van der Waals surface area (Å²) in [6.07, 6.45) is 0. The van der Waals surface area contributed by atoms with Gasteiger partial charge in [0.05, 0.1) is 16.6 Å². The average molecular weight is 306 g/mol. The Morgan fingerprint density at radius 1 is 1.18 bits per heavy atom. The molecule has 1 amide bonds. The summed E-state index contributed by atoms with van der Waals surface area (Å²) in [6, 6.07) is 7.26. The molecular weight excluding hydrogens is 294 g/mol. The number of nitro benzene ring substituents is 1. The highest BCUT2D eigenvalue weighted by Gasteiger charge is 2.16. The molecule has 0 unspecified atom stereocenters. The van der Waals surface area contributed by atoms with Crippen LogP contribution in [0.25, 0.3) is 0 Å². The molecule has 0 heterocycles. The second kappa shape index (κ2) is 6.30. The Kier molecular flexibility index (Phi) is 4.45. The van der Waals surface area contributed by atoms with E-state index in [0.29, 0.717) is 17.2 Å². The number of hydrogen-bond acceptors (Lipinski definition) is 3. The summed E-state index contributed by atoms with van der Waals surface area (Å²) in [7, 11) is 0. The normalized spacial score (nSPS) is 10.3. The predicted molar refractivity (Wildman–Crippen MR) is 75.4 cm³/mol. The van der Waals surface area contributed by atoms with Crippen LogP contribution in [0.1, 0.15) is 21.5 Å². The van der Waals surface area contributed by atoms with Crippen LogP contribution >= 0.6 is 0 Å². The number of benzene rings is 2. The van der Waals surface area contributed by atoms with Gasteiger partial charge in [-0.05, 0) is 30.2 Å². The summed E-state index contributed by atoms with van der Waals surface area (Å²) in [5.41, 5.74) is 0.267. The van der Waals surface area contributed by atoms with Crippen molar-refractivity contribution in [2.45, 2.75) is 13.5 Å². The van der Waals surface area contributed by atoms with Gasteiger partial charge in [0.2, 0.25) is 0 Å². The van der Waals surface area contributed by atoms with Gasteiger partial charge in [-0.25, -0.2) is 8.78 Å². The van der Waals surface area contributed by atoms with E-state index in [0.717, 1.165) is 12.1 Å². The lowest BCUT2D eigenvalue weighted by molar-refractivity contribution is -0.385. The van der Waals surface area contributed by atoms with E-state index in [1.54, 1.807) is 19.1 Å². The highest BCUT2D eigenvalue weighted by Crippen LogP contribution is 2.16. The lowest BCUT2D eigenvalue weighted by Gasteiger charge is -2.07. The Labute approximate surface area is 124 Å². The van der Waals surface area contributed by atoms with Crippen molar-refractivity contribution in [3.63, 3.8) is 0 Å². The number of aryl methyl sites for hydroxylation is 1. The van der Waals surface area contributed by atoms with E-state index in [1.165, 1.54) is 6.07 Å². The van der Waals surface area contributed by atoms with Crippen LogP contribution in [0.15, 0.2) is 36.4 Å². The van der Waals surface area contributed by atoms with Crippen LogP contribution in [0.2, 0.25) is 0 Å². The third-order valence-electron chi connectivity index (χ3n) is 3.10. The predicted octanol–water partition coefficient (Wildman–Crippen LogP) is 3.11. The van der Waals surface area contributed by atoms with Gasteiger partial charge in [-0.15, -0.1) is 0 Å². The number of hydrogen-bond donors (Lipinski definition) is 1. The molecule has 0 spiro atoms. The van der Waals surface area contributed by atoms with Crippen LogP contribution in [0, 0.1) is 28.7 Å². The molecule has 0 aliphatic heterocycles. The molecule has 0 saturated carbocycles. The Morgan fingerprint density at radius 3 is 2.50 bits per heavy atom. The zero-order valence-electron chi connectivity index (χ0n) is 11.6. The molecule has 0 fully saturated rings. The van der Waals surface area contributed by atoms with Crippen molar-refractivity contribution in [3.8, 4) is 0 Å². The monoisotopic (exact) mass is 306 g/mol. The summed E-state index contributed by atoms with van der Waals surface area (Å²) in [5.74, 6) is -2.11. The molecule has 114 valence electrons. The van der Waals surface area contributed by atoms with Crippen molar-refractivity contribution in [1.29, 1.82) is 0 Å². The Hall–Kier alpha value is -2.83. The maximum absolute atomic E-state index is 13.7. The number of non-ortho nitro benzene ring substituents is 1. The Balaban J connectivity index is 2.09. The first-order valence-electron chi connectivity index (χ1n) is 6.35. The third-order valence-corrected chi connectivity index (χ3v) is 3.10. The smallest absolute Gasteiger partial charge is 0.272 e. The number of halogens is 2. The zero-order chi connectivity index (χ0) is 16.3. The highest BCUT2D eigenvalue weighted by atomic mass is 19.1. The zero-order valence-corrected chi connectivity index (χ0v) is 11.6. The molecule has 0 aliphatic carbocycles. The first kappa shape index (κ1) is 15.6. The minimum absolute atomic E-state index is 0.0203. The summed E-state index contributed by atoms with van der Waals surface area (Å²) in [6.45, 7) is 1.64. The van der Waals surface area contributed by atoms with E-state index in [-0.39, 0.29) is 12.1 Å². The Bertz CT molecular complexity index is 748. The number of carbonyl (C=O) groups excluding carboxylic acids is 1. The van der Waals surface area contributed by atoms with Gasteiger partial charge >= 0.3 is 0 Å². The van der Waals surface area contributed by atoms with E-state index < -0.39 is 28.2 Å². The number of nitrogens with zero attached hydrogens (tertiary/aromatic N) is 1. The molecule has 7 heteroatoms. The van der Waals surface area contributed by atoms with Gasteiger partial charge in [0.25, 0.3) is 11.6 Å². The standard InChI is InChI=1S/C15H12F2N2O3/c1-9-2-3-10(6-13(9)16)8-18-15(20)12-5-4-11(19(21)22)7-14(12)17/h2-7H,8H2,1H3,(H,18,20). The van der Waals surface area contributed by atoms with Crippen LogP contribution < -0.4 is 5.32 Å². The molecule has 0 saturated heterocycles. The summed E-state index contributed by atoms with van der Waals surface area (Å²) in [4.78, 5) is 21.6. The average Bonchev–Trinajstić information content (AvgIpc) is 2.48. The molecule has 0 bridgehead atoms. The van der Waals surface area contributed by atoms with Gasteiger partial charge in [-0.3, -0.25) is 14.9 Å². The molecule has 22 heavy (non-hydrogen) atoms. The summed E-state index contributed by atoms with van der Waals surface area (Å²) >= 11 is 0. The molecule has 0 aliphatic rings. The van der Waals surface area contributed by atoms with E-state index in [1.807, 2.05) is 0 Å². The van der Waals surface area contributed by atoms with Crippen molar-refractivity contribution < 1.29 is 18.5 Å².